The molecule has 0 aromatic heterocycles. The highest BCUT2D eigenvalue weighted by Gasteiger charge is 2.08. The van der Waals surface area contributed by atoms with Gasteiger partial charge in [0.15, 0.2) is 5.57 Å². The zero-order valence-electron chi connectivity index (χ0n) is 12.2. The Kier molecular flexibility index (Phi) is 5.33. The van der Waals surface area contributed by atoms with Crippen LogP contribution in [-0.2, 0) is 9.53 Å². The average molecular weight is 292 g/mol. The Labute approximate surface area is 129 Å². The number of anilines is 1. The standard InChI is InChI=1S/C18H16N2O2/c1-2-22-18(21)16(12-19)13-20-17-10-8-15(9-11-17)14-6-4-3-5-7-14/h3-11,13,20H,2H2,1H3/b16-13+. The van der Waals surface area contributed by atoms with Gasteiger partial charge in [-0.3, -0.25) is 0 Å². The number of ether oxygens (including phenoxy) is 1. The van der Waals surface area contributed by atoms with Crippen molar-refractivity contribution < 1.29 is 9.53 Å². The van der Waals surface area contributed by atoms with Crippen molar-refractivity contribution >= 4 is 11.7 Å². The summed E-state index contributed by atoms with van der Waals surface area (Å²) in [6.07, 6.45) is 1.36. The fraction of sp³-hybridized carbons (Fsp3) is 0.111. The average Bonchev–Trinajstić information content (AvgIpc) is 2.57. The van der Waals surface area contributed by atoms with Gasteiger partial charge in [0, 0.05) is 11.9 Å². The molecule has 0 amide bonds. The summed E-state index contributed by atoms with van der Waals surface area (Å²) in [5.41, 5.74) is 2.96. The quantitative estimate of drug-likeness (QED) is 0.518. The number of carbonyl (C=O) groups excluding carboxylic acids is 1. The van der Waals surface area contributed by atoms with Crippen molar-refractivity contribution in [2.45, 2.75) is 6.92 Å². The predicted molar refractivity (Wildman–Crippen MR) is 85.8 cm³/mol. The Morgan fingerprint density at radius 1 is 1.14 bits per heavy atom. The lowest BCUT2D eigenvalue weighted by Gasteiger charge is -2.05. The van der Waals surface area contributed by atoms with E-state index in [1.807, 2.05) is 60.7 Å². The van der Waals surface area contributed by atoms with Crippen LogP contribution in [0.4, 0.5) is 5.69 Å². The molecule has 0 atom stereocenters. The number of nitrogens with one attached hydrogen (secondary N) is 1. The van der Waals surface area contributed by atoms with Crippen molar-refractivity contribution in [3.63, 3.8) is 0 Å². The van der Waals surface area contributed by atoms with E-state index in [-0.39, 0.29) is 12.2 Å². The molecule has 2 rings (SSSR count). The molecule has 0 bridgehead atoms. The summed E-state index contributed by atoms with van der Waals surface area (Å²) in [6, 6.07) is 19.6. The van der Waals surface area contributed by atoms with Crippen molar-refractivity contribution in [3.8, 4) is 17.2 Å². The van der Waals surface area contributed by atoms with E-state index in [2.05, 4.69) is 5.32 Å². The number of carbonyl (C=O) groups is 1. The molecule has 0 fully saturated rings. The molecule has 22 heavy (non-hydrogen) atoms. The number of esters is 1. The highest BCUT2D eigenvalue weighted by Crippen LogP contribution is 2.21. The first-order chi connectivity index (χ1) is 10.7. The van der Waals surface area contributed by atoms with Crippen LogP contribution in [0.15, 0.2) is 66.4 Å². The van der Waals surface area contributed by atoms with Crippen molar-refractivity contribution in [3.05, 3.63) is 66.4 Å². The molecule has 1 N–H and O–H groups in total. The van der Waals surface area contributed by atoms with Crippen molar-refractivity contribution in [1.82, 2.24) is 0 Å². The molecule has 4 heteroatoms. The number of rotatable bonds is 5. The molecule has 0 heterocycles. The first-order valence-electron chi connectivity index (χ1n) is 6.94. The van der Waals surface area contributed by atoms with E-state index < -0.39 is 5.97 Å². The summed E-state index contributed by atoms with van der Waals surface area (Å²) in [5, 5.41) is 11.9. The highest BCUT2D eigenvalue weighted by molar-refractivity contribution is 5.93. The smallest absolute Gasteiger partial charge is 0.350 e. The van der Waals surface area contributed by atoms with E-state index in [1.165, 1.54) is 6.20 Å². The topological polar surface area (TPSA) is 62.1 Å². The predicted octanol–water partition coefficient (Wildman–Crippen LogP) is 3.74. The second-order valence-corrected chi connectivity index (χ2v) is 4.48. The second-order valence-electron chi connectivity index (χ2n) is 4.48. The van der Waals surface area contributed by atoms with Crippen LogP contribution in [0.5, 0.6) is 0 Å². The van der Waals surface area contributed by atoms with E-state index in [9.17, 15) is 4.79 Å². The molecular formula is C18H16N2O2. The van der Waals surface area contributed by atoms with Crippen LogP contribution in [0.25, 0.3) is 11.1 Å². The van der Waals surface area contributed by atoms with Crippen LogP contribution in [0.2, 0.25) is 0 Å². The molecule has 2 aromatic rings. The van der Waals surface area contributed by atoms with Gasteiger partial charge in [-0.2, -0.15) is 5.26 Å². The van der Waals surface area contributed by atoms with Crippen LogP contribution < -0.4 is 5.32 Å². The lowest BCUT2D eigenvalue weighted by molar-refractivity contribution is -0.138. The first-order valence-corrected chi connectivity index (χ1v) is 6.94. The molecule has 4 nitrogen and oxygen atoms in total. The minimum Gasteiger partial charge on any atom is -0.462 e. The van der Waals surface area contributed by atoms with Crippen LogP contribution in [0, 0.1) is 11.3 Å². The Balaban J connectivity index is 2.08. The van der Waals surface area contributed by atoms with Gasteiger partial charge in [-0.05, 0) is 30.2 Å². The monoisotopic (exact) mass is 292 g/mol. The molecule has 0 unspecified atom stereocenters. The molecule has 0 saturated heterocycles. The zero-order valence-corrected chi connectivity index (χ0v) is 12.2. The van der Waals surface area contributed by atoms with Crippen LogP contribution in [-0.4, -0.2) is 12.6 Å². The molecular weight excluding hydrogens is 276 g/mol. The summed E-state index contributed by atoms with van der Waals surface area (Å²) in [5.74, 6) is -0.626. The zero-order chi connectivity index (χ0) is 15.8. The van der Waals surface area contributed by atoms with E-state index in [0.29, 0.717) is 0 Å². The van der Waals surface area contributed by atoms with E-state index >= 15 is 0 Å². The van der Waals surface area contributed by atoms with Gasteiger partial charge in [-0.25, -0.2) is 4.79 Å². The van der Waals surface area contributed by atoms with Gasteiger partial charge in [-0.15, -0.1) is 0 Å². The molecule has 0 aliphatic carbocycles. The summed E-state index contributed by atoms with van der Waals surface area (Å²) >= 11 is 0. The van der Waals surface area contributed by atoms with E-state index in [1.54, 1.807) is 6.92 Å². The number of nitrogens with zero attached hydrogens (tertiary/aromatic N) is 1. The minimum atomic E-state index is -0.626. The summed E-state index contributed by atoms with van der Waals surface area (Å²) in [6.45, 7) is 1.94. The van der Waals surface area contributed by atoms with Crippen LogP contribution >= 0.6 is 0 Å². The van der Waals surface area contributed by atoms with Gasteiger partial charge in [-0.1, -0.05) is 42.5 Å². The van der Waals surface area contributed by atoms with Crippen molar-refractivity contribution in [2.75, 3.05) is 11.9 Å². The summed E-state index contributed by atoms with van der Waals surface area (Å²) < 4.78 is 4.79. The molecule has 0 radical (unpaired) electrons. The number of hydrogen-bond acceptors (Lipinski definition) is 4. The van der Waals surface area contributed by atoms with E-state index in [4.69, 9.17) is 10.00 Å². The third-order valence-electron chi connectivity index (χ3n) is 2.99. The van der Waals surface area contributed by atoms with Crippen LogP contribution in [0.1, 0.15) is 6.92 Å². The maximum Gasteiger partial charge on any atom is 0.350 e. The lowest BCUT2D eigenvalue weighted by Crippen LogP contribution is -2.07. The third-order valence-corrected chi connectivity index (χ3v) is 2.99. The number of nitriles is 1. The molecule has 0 saturated carbocycles. The SMILES string of the molecule is CCOC(=O)/C(C#N)=C/Nc1ccc(-c2ccccc2)cc1. The summed E-state index contributed by atoms with van der Waals surface area (Å²) in [4.78, 5) is 11.5. The normalized spacial score (nSPS) is 10.6. The third kappa shape index (κ3) is 3.97. The van der Waals surface area contributed by atoms with Gasteiger partial charge < -0.3 is 10.1 Å². The van der Waals surface area contributed by atoms with E-state index in [0.717, 1.165) is 16.8 Å². The molecule has 0 aliphatic heterocycles. The van der Waals surface area contributed by atoms with Gasteiger partial charge in [0.1, 0.15) is 6.07 Å². The lowest BCUT2D eigenvalue weighted by atomic mass is 10.1. The van der Waals surface area contributed by atoms with Gasteiger partial charge >= 0.3 is 5.97 Å². The Morgan fingerprint density at radius 3 is 2.36 bits per heavy atom. The Bertz CT molecular complexity index is 698. The van der Waals surface area contributed by atoms with Crippen LogP contribution in [0.3, 0.4) is 0 Å². The maximum absolute atomic E-state index is 11.5. The van der Waals surface area contributed by atoms with Crippen molar-refractivity contribution in [2.24, 2.45) is 0 Å². The fourth-order valence-corrected chi connectivity index (χ4v) is 1.89. The highest BCUT2D eigenvalue weighted by atomic mass is 16.5. The largest absolute Gasteiger partial charge is 0.462 e. The van der Waals surface area contributed by atoms with Gasteiger partial charge in [0.2, 0.25) is 0 Å². The van der Waals surface area contributed by atoms with Crippen molar-refractivity contribution in [1.29, 1.82) is 5.26 Å². The first kappa shape index (κ1) is 15.3. The molecule has 2 aromatic carbocycles. The minimum absolute atomic E-state index is 0.0611. The number of hydrogen-bond donors (Lipinski definition) is 1. The fourth-order valence-electron chi connectivity index (χ4n) is 1.89. The van der Waals surface area contributed by atoms with Gasteiger partial charge in [0.25, 0.3) is 0 Å². The molecule has 0 spiro atoms. The Morgan fingerprint density at radius 2 is 1.77 bits per heavy atom. The molecule has 0 aliphatic rings. The maximum atomic E-state index is 11.5. The van der Waals surface area contributed by atoms with Gasteiger partial charge in [0.05, 0.1) is 6.61 Å². The second kappa shape index (κ2) is 7.65. The molecule has 110 valence electrons. The number of benzene rings is 2. The Hall–Kier alpha value is -3.06. The summed E-state index contributed by atoms with van der Waals surface area (Å²) in [7, 11) is 0.